The maximum Gasteiger partial charge on any atom is 0.191 e. The molecule has 0 amide bonds. The van der Waals surface area contributed by atoms with Crippen LogP contribution in [0.3, 0.4) is 0 Å². The van der Waals surface area contributed by atoms with Crippen molar-refractivity contribution >= 4 is 29.9 Å². The second kappa shape index (κ2) is 10.9. The van der Waals surface area contributed by atoms with Crippen molar-refractivity contribution in [2.45, 2.75) is 33.9 Å². The molecule has 8 heteroatoms. The van der Waals surface area contributed by atoms with Gasteiger partial charge in [0.05, 0.1) is 19.7 Å². The van der Waals surface area contributed by atoms with Gasteiger partial charge in [0.2, 0.25) is 0 Å². The van der Waals surface area contributed by atoms with Crippen molar-refractivity contribution in [2.24, 2.45) is 12.0 Å². The lowest BCUT2D eigenvalue weighted by Crippen LogP contribution is -2.37. The lowest BCUT2D eigenvalue weighted by atomic mass is 10.1. The van der Waals surface area contributed by atoms with E-state index in [1.807, 2.05) is 33.0 Å². The third kappa shape index (κ3) is 6.52. The molecular weight excluding hydrogens is 431 g/mol. The highest BCUT2D eigenvalue weighted by Gasteiger charge is 2.04. The third-order valence-electron chi connectivity index (χ3n) is 3.52. The number of aliphatic imine (C=N–C) groups is 1. The highest BCUT2D eigenvalue weighted by molar-refractivity contribution is 14.0. The average Bonchev–Trinajstić information content (AvgIpc) is 2.98. The molecule has 0 unspecified atom stereocenters. The fourth-order valence-electron chi connectivity index (χ4n) is 2.28. The van der Waals surface area contributed by atoms with Crippen molar-refractivity contribution in [3.8, 4) is 5.75 Å². The maximum atomic E-state index is 5.57. The zero-order valence-corrected chi connectivity index (χ0v) is 17.6. The number of aromatic nitrogens is 3. The van der Waals surface area contributed by atoms with Crippen molar-refractivity contribution in [3.63, 3.8) is 0 Å². The standard InChI is InChI=1S/C17H26N6O.HI/c1-5-18-17(20-11-16-21-12-22-23(16)4)19-10-14-7-8-15(24-6-2)13(3)9-14;/h7-9,12H,5-6,10-11H2,1-4H3,(H2,18,19,20);1H. The Labute approximate surface area is 166 Å². The Morgan fingerprint density at radius 1 is 1.28 bits per heavy atom. The van der Waals surface area contributed by atoms with Crippen molar-refractivity contribution < 1.29 is 4.74 Å². The first kappa shape index (κ1) is 21.2. The molecule has 0 radical (unpaired) electrons. The van der Waals surface area contributed by atoms with Crippen LogP contribution in [0.2, 0.25) is 0 Å². The van der Waals surface area contributed by atoms with E-state index in [0.29, 0.717) is 19.7 Å². The highest BCUT2D eigenvalue weighted by Crippen LogP contribution is 2.19. The molecule has 0 spiro atoms. The first-order valence-electron chi connectivity index (χ1n) is 8.21. The van der Waals surface area contributed by atoms with Gasteiger partial charge in [-0.1, -0.05) is 12.1 Å². The fraction of sp³-hybridized carbons (Fsp3) is 0.471. The van der Waals surface area contributed by atoms with Gasteiger partial charge in [-0.2, -0.15) is 5.10 Å². The van der Waals surface area contributed by atoms with E-state index in [1.54, 1.807) is 11.0 Å². The summed E-state index contributed by atoms with van der Waals surface area (Å²) in [5.74, 6) is 2.54. The van der Waals surface area contributed by atoms with Gasteiger partial charge in [-0.25, -0.2) is 9.98 Å². The van der Waals surface area contributed by atoms with Gasteiger partial charge in [0.25, 0.3) is 0 Å². The smallest absolute Gasteiger partial charge is 0.191 e. The third-order valence-corrected chi connectivity index (χ3v) is 3.52. The van der Waals surface area contributed by atoms with E-state index in [4.69, 9.17) is 4.74 Å². The molecule has 1 aromatic heterocycles. The Hall–Kier alpha value is -1.84. The maximum absolute atomic E-state index is 5.57. The van der Waals surface area contributed by atoms with Crippen LogP contribution in [-0.4, -0.2) is 33.9 Å². The van der Waals surface area contributed by atoms with Crippen LogP contribution >= 0.6 is 24.0 Å². The molecule has 1 heterocycles. The van der Waals surface area contributed by atoms with E-state index in [2.05, 4.69) is 38.7 Å². The van der Waals surface area contributed by atoms with Crippen LogP contribution in [0.1, 0.15) is 30.8 Å². The van der Waals surface area contributed by atoms with E-state index in [0.717, 1.165) is 35.2 Å². The summed E-state index contributed by atoms with van der Waals surface area (Å²) in [4.78, 5) is 8.82. The van der Waals surface area contributed by atoms with Gasteiger partial charge in [0, 0.05) is 13.6 Å². The molecule has 0 aliphatic heterocycles. The molecular formula is C17H27IN6O. The van der Waals surface area contributed by atoms with Crippen molar-refractivity contribution in [2.75, 3.05) is 13.2 Å². The predicted molar refractivity (Wildman–Crippen MR) is 110 cm³/mol. The molecule has 2 rings (SSSR count). The number of guanidine groups is 1. The van der Waals surface area contributed by atoms with Gasteiger partial charge < -0.3 is 15.4 Å². The summed E-state index contributed by atoms with van der Waals surface area (Å²) >= 11 is 0. The van der Waals surface area contributed by atoms with Crippen LogP contribution < -0.4 is 15.4 Å². The molecule has 0 fully saturated rings. The van der Waals surface area contributed by atoms with Crippen molar-refractivity contribution in [1.29, 1.82) is 0 Å². The second-order valence-electron chi connectivity index (χ2n) is 5.38. The van der Waals surface area contributed by atoms with E-state index in [-0.39, 0.29) is 24.0 Å². The van der Waals surface area contributed by atoms with Crippen LogP contribution in [0.25, 0.3) is 0 Å². The van der Waals surface area contributed by atoms with E-state index >= 15 is 0 Å². The summed E-state index contributed by atoms with van der Waals surface area (Å²) in [7, 11) is 1.87. The number of halogens is 1. The zero-order valence-electron chi connectivity index (χ0n) is 15.2. The van der Waals surface area contributed by atoms with Gasteiger partial charge in [-0.3, -0.25) is 4.68 Å². The van der Waals surface area contributed by atoms with Gasteiger partial charge in [0.1, 0.15) is 17.9 Å². The predicted octanol–water partition coefficient (Wildman–Crippen LogP) is 2.40. The molecule has 0 aliphatic carbocycles. The minimum absolute atomic E-state index is 0. The Balaban J connectivity index is 0.00000312. The number of ether oxygens (including phenoxy) is 1. The van der Waals surface area contributed by atoms with Crippen LogP contribution in [0, 0.1) is 6.92 Å². The number of benzene rings is 1. The molecule has 7 nitrogen and oxygen atoms in total. The molecule has 0 saturated carbocycles. The topological polar surface area (TPSA) is 76.4 Å². The number of nitrogens with zero attached hydrogens (tertiary/aromatic N) is 4. The summed E-state index contributed by atoms with van der Waals surface area (Å²) in [5, 5.41) is 10.6. The summed E-state index contributed by atoms with van der Waals surface area (Å²) in [6.07, 6.45) is 1.55. The highest BCUT2D eigenvalue weighted by atomic mass is 127. The Kier molecular flexibility index (Phi) is 9.25. The lowest BCUT2D eigenvalue weighted by Gasteiger charge is -2.11. The first-order chi connectivity index (χ1) is 11.6. The minimum Gasteiger partial charge on any atom is -0.494 e. The normalized spacial score (nSPS) is 11.0. The minimum atomic E-state index is 0. The van der Waals surface area contributed by atoms with Crippen LogP contribution in [0.5, 0.6) is 5.75 Å². The van der Waals surface area contributed by atoms with E-state index in [1.165, 1.54) is 0 Å². The molecule has 138 valence electrons. The SMILES string of the molecule is CCNC(=NCc1ccc(OCC)c(C)c1)NCc1ncnn1C.I. The molecule has 0 saturated heterocycles. The van der Waals surface area contributed by atoms with Gasteiger partial charge >= 0.3 is 0 Å². The average molecular weight is 458 g/mol. The molecule has 1 aromatic carbocycles. The number of aryl methyl sites for hydroxylation is 2. The van der Waals surface area contributed by atoms with Crippen LogP contribution in [0.4, 0.5) is 0 Å². The molecule has 2 aromatic rings. The van der Waals surface area contributed by atoms with Crippen LogP contribution in [0.15, 0.2) is 29.5 Å². The van der Waals surface area contributed by atoms with Gasteiger partial charge in [0.15, 0.2) is 5.96 Å². The van der Waals surface area contributed by atoms with E-state index < -0.39 is 0 Å². The molecule has 25 heavy (non-hydrogen) atoms. The van der Waals surface area contributed by atoms with Crippen LogP contribution in [-0.2, 0) is 20.1 Å². The summed E-state index contributed by atoms with van der Waals surface area (Å²) in [6, 6.07) is 6.16. The van der Waals surface area contributed by atoms with E-state index in [9.17, 15) is 0 Å². The summed E-state index contributed by atoms with van der Waals surface area (Å²) in [6.45, 7) is 8.73. The summed E-state index contributed by atoms with van der Waals surface area (Å²) in [5.41, 5.74) is 2.27. The quantitative estimate of drug-likeness (QED) is 0.379. The monoisotopic (exact) mass is 458 g/mol. The molecule has 0 atom stereocenters. The van der Waals surface area contributed by atoms with Gasteiger partial charge in [-0.15, -0.1) is 24.0 Å². The second-order valence-corrected chi connectivity index (χ2v) is 5.38. The number of hydrogen-bond donors (Lipinski definition) is 2. The molecule has 0 aliphatic rings. The Morgan fingerprint density at radius 3 is 2.68 bits per heavy atom. The number of rotatable bonds is 7. The van der Waals surface area contributed by atoms with Crippen molar-refractivity contribution in [3.05, 3.63) is 41.5 Å². The van der Waals surface area contributed by atoms with Gasteiger partial charge in [-0.05, 0) is 38.0 Å². The number of nitrogens with one attached hydrogen (secondary N) is 2. The molecule has 0 bridgehead atoms. The largest absolute Gasteiger partial charge is 0.494 e. The first-order valence-corrected chi connectivity index (χ1v) is 8.21. The Bertz CT molecular complexity index is 686. The zero-order chi connectivity index (χ0) is 17.4. The Morgan fingerprint density at radius 2 is 2.08 bits per heavy atom. The van der Waals surface area contributed by atoms with Crippen molar-refractivity contribution in [1.82, 2.24) is 25.4 Å². The molecule has 2 N–H and O–H groups in total. The fourth-order valence-corrected chi connectivity index (χ4v) is 2.28. The summed E-state index contributed by atoms with van der Waals surface area (Å²) < 4.78 is 7.31. The lowest BCUT2D eigenvalue weighted by molar-refractivity contribution is 0.338. The number of hydrogen-bond acceptors (Lipinski definition) is 4.